The molecular weight excluding hydrogens is 410 g/mol. The van der Waals surface area contributed by atoms with Crippen LogP contribution in [0.5, 0.6) is 11.5 Å². The van der Waals surface area contributed by atoms with Crippen molar-refractivity contribution >= 4 is 34.2 Å². The molecule has 3 rings (SSSR count). The van der Waals surface area contributed by atoms with E-state index in [1.165, 1.54) is 6.33 Å². The van der Waals surface area contributed by atoms with Gasteiger partial charge in [0.15, 0.2) is 23.9 Å². The summed E-state index contributed by atoms with van der Waals surface area (Å²) in [7, 11) is 0. The van der Waals surface area contributed by atoms with E-state index in [4.69, 9.17) is 21.0 Å². The normalized spacial score (nSPS) is 10.9. The third-order valence-corrected chi connectivity index (χ3v) is 4.54. The van der Waals surface area contributed by atoms with E-state index < -0.39 is 18.0 Å². The van der Waals surface area contributed by atoms with Gasteiger partial charge in [-0.1, -0.05) is 32.8 Å². The van der Waals surface area contributed by atoms with Gasteiger partial charge in [0.2, 0.25) is 0 Å². The van der Waals surface area contributed by atoms with E-state index in [1.807, 2.05) is 18.2 Å². The number of aromatic nitrogens is 2. The third kappa shape index (κ3) is 5.52. The number of anilines is 2. The molecule has 0 saturated heterocycles. The zero-order valence-electron chi connectivity index (χ0n) is 18.0. The minimum Gasteiger partial charge on any atom is -0.482 e. The van der Waals surface area contributed by atoms with Crippen molar-refractivity contribution in [1.82, 2.24) is 9.97 Å². The fraction of sp³-hybridized carbons (Fsp3) is 0.250. The van der Waals surface area contributed by atoms with Crippen LogP contribution in [-0.2, 0) is 9.59 Å². The first kappa shape index (κ1) is 22.6. The van der Waals surface area contributed by atoms with Gasteiger partial charge in [0.1, 0.15) is 18.8 Å². The van der Waals surface area contributed by atoms with Crippen LogP contribution in [0.4, 0.5) is 11.5 Å². The molecule has 32 heavy (non-hydrogen) atoms. The first-order chi connectivity index (χ1) is 15.2. The Balaban J connectivity index is 2.00. The van der Waals surface area contributed by atoms with Crippen molar-refractivity contribution < 1.29 is 24.2 Å². The summed E-state index contributed by atoms with van der Waals surface area (Å²) in [4.78, 5) is 31.9. The molecular formula is C24H23N3O5. The molecule has 1 heterocycles. The van der Waals surface area contributed by atoms with E-state index in [9.17, 15) is 9.59 Å². The Morgan fingerprint density at radius 2 is 1.81 bits per heavy atom. The minimum absolute atomic E-state index is 0.115. The van der Waals surface area contributed by atoms with Crippen LogP contribution >= 0.6 is 0 Å². The summed E-state index contributed by atoms with van der Waals surface area (Å²) in [5.41, 5.74) is 1.36. The van der Waals surface area contributed by atoms with Crippen molar-refractivity contribution in [1.29, 1.82) is 0 Å². The highest BCUT2D eigenvalue weighted by atomic mass is 16.5. The number of fused-ring (bicyclic) bond motifs is 1. The summed E-state index contributed by atoms with van der Waals surface area (Å²) < 4.78 is 11.1. The number of nitrogens with zero attached hydrogens (tertiary/aromatic N) is 2. The Labute approximate surface area is 185 Å². The number of carbonyl (C=O) groups is 2. The number of rotatable bonds is 8. The second kappa shape index (κ2) is 9.35. The molecule has 0 unspecified atom stereocenters. The molecule has 0 atom stereocenters. The number of ether oxygens (including phenoxy) is 2. The second-order valence-corrected chi connectivity index (χ2v) is 8.03. The Morgan fingerprint density at radius 3 is 2.50 bits per heavy atom. The lowest BCUT2D eigenvalue weighted by Gasteiger charge is -2.18. The zero-order chi connectivity index (χ0) is 23.3. The minimum atomic E-state index is -1.14. The zero-order valence-corrected chi connectivity index (χ0v) is 18.0. The number of hydrogen-bond acceptors (Lipinski definition) is 7. The van der Waals surface area contributed by atoms with Crippen molar-refractivity contribution in [2.75, 3.05) is 18.5 Å². The van der Waals surface area contributed by atoms with E-state index in [2.05, 4.69) is 21.2 Å². The van der Waals surface area contributed by atoms with Crippen LogP contribution in [0.25, 0.3) is 10.9 Å². The monoisotopic (exact) mass is 433 g/mol. The maximum absolute atomic E-state index is 12.3. The molecule has 0 bridgehead atoms. The second-order valence-electron chi connectivity index (χ2n) is 8.03. The van der Waals surface area contributed by atoms with Gasteiger partial charge in [0, 0.05) is 28.1 Å². The number of Topliss-reactive ketones (excluding diaryl/α,β-unsaturated/α-hetero) is 1. The molecule has 164 valence electrons. The molecule has 0 aliphatic heterocycles. The molecule has 3 aromatic rings. The number of hydrogen-bond donors (Lipinski definition) is 2. The number of benzene rings is 2. The Bertz CT molecular complexity index is 1210. The first-order valence-electron chi connectivity index (χ1n) is 9.80. The Morgan fingerprint density at radius 1 is 1.09 bits per heavy atom. The molecule has 0 fully saturated rings. The van der Waals surface area contributed by atoms with Crippen LogP contribution in [0.15, 0.2) is 42.7 Å². The van der Waals surface area contributed by atoms with Gasteiger partial charge in [0.05, 0.1) is 5.52 Å². The fourth-order valence-electron chi connectivity index (χ4n) is 2.71. The van der Waals surface area contributed by atoms with Gasteiger partial charge < -0.3 is 19.9 Å². The fourth-order valence-corrected chi connectivity index (χ4v) is 2.71. The van der Waals surface area contributed by atoms with E-state index in [1.54, 1.807) is 39.0 Å². The average Bonchev–Trinajstić information content (AvgIpc) is 2.75. The number of ketones is 1. The molecule has 0 saturated carbocycles. The lowest BCUT2D eigenvalue weighted by atomic mass is 9.91. The SMILES string of the molecule is C#Cc1cccc(Nc2ncnc3cc(OCC(=O)O)c(OCC(=O)C(C)(C)C)cc23)c1. The molecule has 0 radical (unpaired) electrons. The van der Waals surface area contributed by atoms with Crippen molar-refractivity contribution in [2.45, 2.75) is 20.8 Å². The molecule has 1 aromatic heterocycles. The van der Waals surface area contributed by atoms with Crippen LogP contribution in [-0.4, -0.2) is 40.0 Å². The molecule has 8 nitrogen and oxygen atoms in total. The number of terminal acetylenes is 1. The van der Waals surface area contributed by atoms with Gasteiger partial charge in [-0.15, -0.1) is 6.42 Å². The summed E-state index contributed by atoms with van der Waals surface area (Å²) in [6, 6.07) is 10.5. The lowest BCUT2D eigenvalue weighted by molar-refractivity contribution is -0.139. The predicted molar refractivity (Wildman–Crippen MR) is 120 cm³/mol. The quantitative estimate of drug-likeness (QED) is 0.516. The van der Waals surface area contributed by atoms with Crippen LogP contribution in [0.3, 0.4) is 0 Å². The molecule has 0 aliphatic carbocycles. The van der Waals surface area contributed by atoms with E-state index in [-0.39, 0.29) is 23.9 Å². The van der Waals surface area contributed by atoms with E-state index in [0.717, 1.165) is 5.69 Å². The molecule has 2 aromatic carbocycles. The van der Waals surface area contributed by atoms with Gasteiger partial charge in [0.25, 0.3) is 0 Å². The molecule has 0 spiro atoms. The van der Waals surface area contributed by atoms with Crippen molar-refractivity contribution in [2.24, 2.45) is 5.41 Å². The number of carboxylic acids is 1. The summed E-state index contributed by atoms with van der Waals surface area (Å²) in [6.07, 6.45) is 6.85. The number of carboxylic acid groups (broad SMARTS) is 1. The van der Waals surface area contributed by atoms with E-state index in [0.29, 0.717) is 22.3 Å². The van der Waals surface area contributed by atoms with E-state index >= 15 is 0 Å². The van der Waals surface area contributed by atoms with Crippen molar-refractivity contribution in [3.8, 4) is 23.8 Å². The maximum Gasteiger partial charge on any atom is 0.341 e. The topological polar surface area (TPSA) is 111 Å². The van der Waals surface area contributed by atoms with Crippen LogP contribution < -0.4 is 14.8 Å². The van der Waals surface area contributed by atoms with Gasteiger partial charge in [-0.25, -0.2) is 14.8 Å². The number of nitrogens with one attached hydrogen (secondary N) is 1. The van der Waals surface area contributed by atoms with Crippen LogP contribution in [0, 0.1) is 17.8 Å². The van der Waals surface area contributed by atoms with Crippen LogP contribution in [0.2, 0.25) is 0 Å². The standard InChI is InChI=1S/C24H23N3O5/c1-5-15-7-6-8-16(9-15)27-23-17-10-19(31-12-21(28)24(2,3)4)20(32-13-22(29)30)11-18(17)25-14-26-23/h1,6-11,14H,12-13H2,2-4H3,(H,29,30)(H,25,26,27). The molecule has 0 aliphatic rings. The molecule has 2 N–H and O–H groups in total. The van der Waals surface area contributed by atoms with Crippen molar-refractivity contribution in [3.05, 3.63) is 48.3 Å². The smallest absolute Gasteiger partial charge is 0.341 e. The number of carbonyl (C=O) groups excluding carboxylic acids is 1. The Kier molecular flexibility index (Phi) is 6.59. The van der Waals surface area contributed by atoms with Gasteiger partial charge in [-0.3, -0.25) is 4.79 Å². The Hall–Kier alpha value is -4.12. The summed E-state index contributed by atoms with van der Waals surface area (Å²) in [5, 5.41) is 12.8. The van der Waals surface area contributed by atoms with Crippen LogP contribution in [0.1, 0.15) is 26.3 Å². The summed E-state index contributed by atoms with van der Waals surface area (Å²) in [5.74, 6) is 2.19. The summed E-state index contributed by atoms with van der Waals surface area (Å²) >= 11 is 0. The third-order valence-electron chi connectivity index (χ3n) is 4.54. The van der Waals surface area contributed by atoms with Gasteiger partial charge >= 0.3 is 5.97 Å². The van der Waals surface area contributed by atoms with Gasteiger partial charge in [-0.05, 0) is 24.3 Å². The molecule has 8 heteroatoms. The maximum atomic E-state index is 12.3. The highest BCUT2D eigenvalue weighted by Gasteiger charge is 2.23. The van der Waals surface area contributed by atoms with Crippen molar-refractivity contribution in [3.63, 3.8) is 0 Å². The average molecular weight is 433 g/mol. The number of aliphatic carboxylic acids is 1. The predicted octanol–water partition coefficient (Wildman–Crippen LogP) is 3.81. The first-order valence-corrected chi connectivity index (χ1v) is 9.80. The lowest BCUT2D eigenvalue weighted by Crippen LogP contribution is -2.26. The highest BCUT2D eigenvalue weighted by Crippen LogP contribution is 2.35. The van der Waals surface area contributed by atoms with Gasteiger partial charge in [-0.2, -0.15) is 0 Å². The largest absolute Gasteiger partial charge is 0.482 e. The summed E-state index contributed by atoms with van der Waals surface area (Å²) in [6.45, 7) is 4.62. The highest BCUT2D eigenvalue weighted by molar-refractivity contribution is 5.93. The molecule has 0 amide bonds.